The predicted molar refractivity (Wildman–Crippen MR) is 76.7 cm³/mol. The standard InChI is InChI=1S/C17H16O2/c1-4-17(13-5-9-15(18-2)10-6-13)14-7-11-16(19-3)12-8-14/h1,5-12,17H,2-3H3. The van der Waals surface area contributed by atoms with Gasteiger partial charge in [-0.3, -0.25) is 0 Å². The molecule has 0 bridgehead atoms. The van der Waals surface area contributed by atoms with Crippen LogP contribution >= 0.6 is 0 Å². The molecule has 0 unspecified atom stereocenters. The first-order valence-corrected chi connectivity index (χ1v) is 6.02. The quantitative estimate of drug-likeness (QED) is 0.776. The molecule has 2 heteroatoms. The Morgan fingerprint density at radius 3 is 1.42 bits per heavy atom. The van der Waals surface area contributed by atoms with Gasteiger partial charge in [-0.15, -0.1) is 6.42 Å². The molecule has 2 aromatic carbocycles. The van der Waals surface area contributed by atoms with Gasteiger partial charge in [-0.2, -0.15) is 0 Å². The van der Waals surface area contributed by atoms with E-state index >= 15 is 0 Å². The minimum atomic E-state index is -0.0585. The molecular formula is C17H16O2. The van der Waals surface area contributed by atoms with Crippen molar-refractivity contribution in [2.24, 2.45) is 0 Å². The van der Waals surface area contributed by atoms with E-state index in [0.717, 1.165) is 22.6 Å². The first-order valence-electron chi connectivity index (χ1n) is 6.02. The maximum atomic E-state index is 5.67. The first kappa shape index (κ1) is 13.0. The van der Waals surface area contributed by atoms with Crippen LogP contribution in [0, 0.1) is 12.3 Å². The number of hydrogen-bond donors (Lipinski definition) is 0. The van der Waals surface area contributed by atoms with Crippen molar-refractivity contribution in [2.75, 3.05) is 14.2 Å². The SMILES string of the molecule is C#CC(c1ccc(OC)cc1)c1ccc(OC)cc1. The summed E-state index contributed by atoms with van der Waals surface area (Å²) in [4.78, 5) is 0. The smallest absolute Gasteiger partial charge is 0.118 e. The maximum absolute atomic E-state index is 5.67. The van der Waals surface area contributed by atoms with Gasteiger partial charge < -0.3 is 9.47 Å². The van der Waals surface area contributed by atoms with Gasteiger partial charge in [0.2, 0.25) is 0 Å². The Kier molecular flexibility index (Phi) is 4.10. The molecule has 2 nitrogen and oxygen atoms in total. The summed E-state index contributed by atoms with van der Waals surface area (Å²) in [5, 5.41) is 0. The molecule has 0 radical (unpaired) electrons. The van der Waals surface area contributed by atoms with Crippen LogP contribution in [0.3, 0.4) is 0 Å². The third-order valence-corrected chi connectivity index (χ3v) is 3.06. The zero-order valence-electron chi connectivity index (χ0n) is 11.1. The van der Waals surface area contributed by atoms with E-state index in [0.29, 0.717) is 0 Å². The summed E-state index contributed by atoms with van der Waals surface area (Å²) in [7, 11) is 3.30. The summed E-state index contributed by atoms with van der Waals surface area (Å²) in [5.74, 6) is 4.43. The first-order chi connectivity index (χ1) is 9.28. The Morgan fingerprint density at radius 2 is 1.16 bits per heavy atom. The van der Waals surface area contributed by atoms with Crippen LogP contribution in [0.25, 0.3) is 0 Å². The topological polar surface area (TPSA) is 18.5 Å². The monoisotopic (exact) mass is 252 g/mol. The summed E-state index contributed by atoms with van der Waals surface area (Å²) in [6.07, 6.45) is 5.67. The molecule has 0 atom stereocenters. The van der Waals surface area contributed by atoms with Crippen molar-refractivity contribution in [3.8, 4) is 23.8 Å². The minimum absolute atomic E-state index is 0.0585. The molecule has 0 heterocycles. The van der Waals surface area contributed by atoms with Gasteiger partial charge in [0.1, 0.15) is 11.5 Å². The van der Waals surface area contributed by atoms with Crippen molar-refractivity contribution in [1.82, 2.24) is 0 Å². The average molecular weight is 252 g/mol. The van der Waals surface area contributed by atoms with Crippen LogP contribution in [-0.4, -0.2) is 14.2 Å². The summed E-state index contributed by atoms with van der Waals surface area (Å²) in [6, 6.07) is 15.7. The number of ether oxygens (including phenoxy) is 2. The Morgan fingerprint density at radius 1 is 0.789 bits per heavy atom. The van der Waals surface area contributed by atoms with Gasteiger partial charge in [0.15, 0.2) is 0 Å². The largest absolute Gasteiger partial charge is 0.497 e. The van der Waals surface area contributed by atoms with Crippen molar-refractivity contribution in [3.63, 3.8) is 0 Å². The second-order valence-corrected chi connectivity index (χ2v) is 4.15. The van der Waals surface area contributed by atoms with Crippen LogP contribution in [0.15, 0.2) is 48.5 Å². The van der Waals surface area contributed by atoms with E-state index < -0.39 is 0 Å². The van der Waals surface area contributed by atoms with E-state index in [4.69, 9.17) is 15.9 Å². The lowest BCUT2D eigenvalue weighted by molar-refractivity contribution is 0.414. The van der Waals surface area contributed by atoms with Gasteiger partial charge >= 0.3 is 0 Å². The molecule has 0 aliphatic rings. The molecule has 0 saturated carbocycles. The fourth-order valence-corrected chi connectivity index (χ4v) is 1.98. The highest BCUT2D eigenvalue weighted by Crippen LogP contribution is 2.27. The molecule has 0 aliphatic heterocycles. The molecule has 19 heavy (non-hydrogen) atoms. The summed E-state index contributed by atoms with van der Waals surface area (Å²) < 4.78 is 10.3. The van der Waals surface area contributed by atoms with Gasteiger partial charge in [0.25, 0.3) is 0 Å². The van der Waals surface area contributed by atoms with Crippen LogP contribution in [0.5, 0.6) is 11.5 Å². The van der Waals surface area contributed by atoms with Crippen LogP contribution in [0.2, 0.25) is 0 Å². The van der Waals surface area contributed by atoms with E-state index in [1.54, 1.807) is 14.2 Å². The lowest BCUT2D eigenvalue weighted by Gasteiger charge is -2.12. The van der Waals surface area contributed by atoms with Gasteiger partial charge in [-0.25, -0.2) is 0 Å². The van der Waals surface area contributed by atoms with Crippen LogP contribution in [0.4, 0.5) is 0 Å². The highest BCUT2D eigenvalue weighted by atomic mass is 16.5. The van der Waals surface area contributed by atoms with Gasteiger partial charge in [-0.05, 0) is 35.4 Å². The molecule has 0 aliphatic carbocycles. The molecule has 96 valence electrons. The summed E-state index contributed by atoms with van der Waals surface area (Å²) in [6.45, 7) is 0. The Hall–Kier alpha value is -2.40. The normalized spacial score (nSPS) is 10.0. The fraction of sp³-hybridized carbons (Fsp3) is 0.176. The van der Waals surface area contributed by atoms with Crippen LogP contribution in [-0.2, 0) is 0 Å². The molecule has 0 saturated heterocycles. The van der Waals surface area contributed by atoms with Crippen molar-refractivity contribution in [2.45, 2.75) is 5.92 Å². The predicted octanol–water partition coefficient (Wildman–Crippen LogP) is 3.47. The molecule has 0 amide bonds. The molecular weight excluding hydrogens is 236 g/mol. The summed E-state index contributed by atoms with van der Waals surface area (Å²) >= 11 is 0. The molecule has 2 aromatic rings. The minimum Gasteiger partial charge on any atom is -0.497 e. The molecule has 0 fully saturated rings. The van der Waals surface area contributed by atoms with Crippen molar-refractivity contribution >= 4 is 0 Å². The third-order valence-electron chi connectivity index (χ3n) is 3.06. The number of rotatable bonds is 4. The maximum Gasteiger partial charge on any atom is 0.118 e. The number of benzene rings is 2. The van der Waals surface area contributed by atoms with E-state index in [1.807, 2.05) is 48.5 Å². The zero-order valence-corrected chi connectivity index (χ0v) is 11.1. The van der Waals surface area contributed by atoms with Gasteiger partial charge in [0, 0.05) is 0 Å². The van der Waals surface area contributed by atoms with Gasteiger partial charge in [0.05, 0.1) is 20.1 Å². The molecule has 0 N–H and O–H groups in total. The second-order valence-electron chi connectivity index (χ2n) is 4.15. The van der Waals surface area contributed by atoms with Crippen molar-refractivity contribution in [3.05, 3.63) is 59.7 Å². The number of hydrogen-bond acceptors (Lipinski definition) is 2. The van der Waals surface area contributed by atoms with E-state index in [1.165, 1.54) is 0 Å². The number of methoxy groups -OCH3 is 2. The lowest BCUT2D eigenvalue weighted by Crippen LogP contribution is -1.98. The van der Waals surface area contributed by atoms with Crippen LogP contribution in [0.1, 0.15) is 17.0 Å². The summed E-state index contributed by atoms with van der Waals surface area (Å²) in [5.41, 5.74) is 2.15. The van der Waals surface area contributed by atoms with Crippen molar-refractivity contribution in [1.29, 1.82) is 0 Å². The molecule has 2 rings (SSSR count). The average Bonchev–Trinajstić information content (AvgIpc) is 2.49. The van der Waals surface area contributed by atoms with E-state index in [2.05, 4.69) is 5.92 Å². The van der Waals surface area contributed by atoms with E-state index in [-0.39, 0.29) is 5.92 Å². The fourth-order valence-electron chi connectivity index (χ4n) is 1.98. The Labute approximate surface area is 114 Å². The lowest BCUT2D eigenvalue weighted by atomic mass is 9.92. The van der Waals surface area contributed by atoms with Crippen molar-refractivity contribution < 1.29 is 9.47 Å². The Balaban J connectivity index is 2.30. The van der Waals surface area contributed by atoms with E-state index in [9.17, 15) is 0 Å². The Bertz CT molecular complexity index is 514. The molecule has 0 spiro atoms. The third kappa shape index (κ3) is 2.89. The zero-order chi connectivity index (χ0) is 13.7. The van der Waals surface area contributed by atoms with Crippen LogP contribution < -0.4 is 9.47 Å². The second kappa shape index (κ2) is 5.97. The number of terminal acetylenes is 1. The highest BCUT2D eigenvalue weighted by molar-refractivity contribution is 5.43. The molecule has 0 aromatic heterocycles. The van der Waals surface area contributed by atoms with Gasteiger partial charge in [-0.1, -0.05) is 30.2 Å². The highest BCUT2D eigenvalue weighted by Gasteiger charge is 2.11.